The Kier molecular flexibility index (Phi) is 6.84. The van der Waals surface area contributed by atoms with Crippen LogP contribution >= 0.6 is 0 Å². The summed E-state index contributed by atoms with van der Waals surface area (Å²) in [6.07, 6.45) is 0. The molecule has 5 heteroatoms. The minimum Gasteiger partial charge on any atom is -0.463 e. The average Bonchev–Trinajstić information content (AvgIpc) is 2.36. The van der Waals surface area contributed by atoms with E-state index in [0.717, 1.165) is 39.4 Å². The largest absolute Gasteiger partial charge is 0.463 e. The topological polar surface area (TPSA) is 50.8 Å². The van der Waals surface area contributed by atoms with Crippen LogP contribution in [-0.2, 0) is 14.3 Å². The number of rotatable bonds is 7. The van der Waals surface area contributed by atoms with E-state index in [1.807, 2.05) is 0 Å². The summed E-state index contributed by atoms with van der Waals surface area (Å²) in [5, 5.41) is 3.19. The molecule has 0 aromatic heterocycles. The predicted octanol–water partition coefficient (Wildman–Crippen LogP) is 0.0275. The Morgan fingerprint density at radius 2 is 2.18 bits per heavy atom. The number of carbonyl (C=O) groups excluding carboxylic acids is 1. The molecule has 17 heavy (non-hydrogen) atoms. The van der Waals surface area contributed by atoms with Gasteiger partial charge in [0, 0.05) is 38.3 Å². The molecule has 1 saturated heterocycles. The predicted molar refractivity (Wildman–Crippen MR) is 65.9 cm³/mol. The van der Waals surface area contributed by atoms with Gasteiger partial charge in [-0.3, -0.25) is 4.90 Å². The summed E-state index contributed by atoms with van der Waals surface area (Å²) < 4.78 is 10.1. The lowest BCUT2D eigenvalue weighted by Crippen LogP contribution is -2.40. The van der Waals surface area contributed by atoms with Crippen LogP contribution in [-0.4, -0.2) is 63.4 Å². The van der Waals surface area contributed by atoms with Gasteiger partial charge in [-0.25, -0.2) is 4.79 Å². The van der Waals surface area contributed by atoms with Gasteiger partial charge < -0.3 is 14.8 Å². The van der Waals surface area contributed by atoms with Crippen molar-refractivity contribution in [3.05, 3.63) is 12.2 Å². The van der Waals surface area contributed by atoms with E-state index >= 15 is 0 Å². The van der Waals surface area contributed by atoms with E-state index in [4.69, 9.17) is 9.47 Å². The number of carbonyl (C=O) groups is 1. The van der Waals surface area contributed by atoms with E-state index in [1.165, 1.54) is 0 Å². The van der Waals surface area contributed by atoms with Crippen LogP contribution in [0.25, 0.3) is 0 Å². The molecule has 1 N–H and O–H groups in total. The fraction of sp³-hybridized carbons (Fsp3) is 0.750. The zero-order valence-corrected chi connectivity index (χ0v) is 10.5. The number of ether oxygens (including phenoxy) is 2. The van der Waals surface area contributed by atoms with E-state index in [2.05, 4.69) is 16.8 Å². The van der Waals surface area contributed by atoms with Gasteiger partial charge in [-0.05, 0) is 6.92 Å². The molecule has 98 valence electrons. The minimum absolute atomic E-state index is 0.314. The zero-order valence-electron chi connectivity index (χ0n) is 10.5. The number of hydrogen-bond acceptors (Lipinski definition) is 5. The average molecular weight is 242 g/mol. The number of esters is 1. The number of hydrogen-bond donors (Lipinski definition) is 1. The quantitative estimate of drug-likeness (QED) is 0.388. The standard InChI is InChI=1S/C12H22N2O3/c1-3-17-12(15)11(2)10-13-4-5-14-6-8-16-9-7-14/h13H,2-10H2,1H3. The molecule has 0 radical (unpaired) electrons. The van der Waals surface area contributed by atoms with Crippen molar-refractivity contribution in [1.82, 2.24) is 10.2 Å². The fourth-order valence-electron chi connectivity index (χ4n) is 1.61. The Hall–Kier alpha value is -0.910. The van der Waals surface area contributed by atoms with Crippen molar-refractivity contribution >= 4 is 5.97 Å². The van der Waals surface area contributed by atoms with Crippen LogP contribution in [0.2, 0.25) is 0 Å². The molecular formula is C12H22N2O3. The first-order chi connectivity index (χ1) is 8.24. The summed E-state index contributed by atoms with van der Waals surface area (Å²) in [5.41, 5.74) is 0.480. The molecule has 5 nitrogen and oxygen atoms in total. The molecule has 0 saturated carbocycles. The molecule has 0 amide bonds. The maximum absolute atomic E-state index is 11.3. The second kappa shape index (κ2) is 8.22. The van der Waals surface area contributed by atoms with Crippen molar-refractivity contribution in [1.29, 1.82) is 0 Å². The van der Waals surface area contributed by atoms with Gasteiger partial charge >= 0.3 is 5.97 Å². The Bertz CT molecular complexity index is 250. The molecule has 0 aromatic carbocycles. The maximum Gasteiger partial charge on any atom is 0.334 e. The van der Waals surface area contributed by atoms with Crippen LogP contribution in [0, 0.1) is 0 Å². The van der Waals surface area contributed by atoms with Gasteiger partial charge in [-0.1, -0.05) is 6.58 Å². The molecule has 0 aromatic rings. The van der Waals surface area contributed by atoms with Crippen molar-refractivity contribution in [3.63, 3.8) is 0 Å². The SMILES string of the molecule is C=C(CNCCN1CCOCC1)C(=O)OCC. The second-order valence-electron chi connectivity index (χ2n) is 3.95. The minimum atomic E-state index is -0.314. The van der Waals surface area contributed by atoms with E-state index in [0.29, 0.717) is 18.7 Å². The lowest BCUT2D eigenvalue weighted by molar-refractivity contribution is -0.138. The molecule has 0 atom stereocenters. The van der Waals surface area contributed by atoms with Crippen LogP contribution in [0.15, 0.2) is 12.2 Å². The van der Waals surface area contributed by atoms with Crippen molar-refractivity contribution in [2.75, 3.05) is 52.5 Å². The first kappa shape index (κ1) is 14.2. The highest BCUT2D eigenvalue weighted by molar-refractivity contribution is 5.88. The molecule has 0 spiro atoms. The van der Waals surface area contributed by atoms with Gasteiger partial charge in [0.1, 0.15) is 0 Å². The van der Waals surface area contributed by atoms with E-state index in [-0.39, 0.29) is 5.97 Å². The van der Waals surface area contributed by atoms with Crippen molar-refractivity contribution in [2.45, 2.75) is 6.92 Å². The number of morpholine rings is 1. The van der Waals surface area contributed by atoms with Gasteiger partial charge in [0.05, 0.1) is 19.8 Å². The molecule has 1 rings (SSSR count). The molecule has 1 fully saturated rings. The van der Waals surface area contributed by atoms with Crippen LogP contribution < -0.4 is 5.32 Å². The highest BCUT2D eigenvalue weighted by Crippen LogP contribution is 1.96. The Labute approximate surface area is 103 Å². The third kappa shape index (κ3) is 5.81. The third-order valence-electron chi connectivity index (χ3n) is 2.61. The van der Waals surface area contributed by atoms with Crippen LogP contribution in [0.1, 0.15) is 6.92 Å². The summed E-state index contributed by atoms with van der Waals surface area (Å²) in [5.74, 6) is -0.314. The number of nitrogens with one attached hydrogen (secondary N) is 1. The van der Waals surface area contributed by atoms with Gasteiger partial charge in [-0.15, -0.1) is 0 Å². The highest BCUT2D eigenvalue weighted by Gasteiger charge is 2.10. The highest BCUT2D eigenvalue weighted by atomic mass is 16.5. The van der Waals surface area contributed by atoms with Crippen LogP contribution in [0.3, 0.4) is 0 Å². The van der Waals surface area contributed by atoms with E-state index in [9.17, 15) is 4.79 Å². The normalized spacial score (nSPS) is 16.8. The Morgan fingerprint density at radius 3 is 2.82 bits per heavy atom. The lowest BCUT2D eigenvalue weighted by atomic mass is 10.3. The zero-order chi connectivity index (χ0) is 12.5. The summed E-state index contributed by atoms with van der Waals surface area (Å²) in [6.45, 7) is 11.8. The Balaban J connectivity index is 2.03. The summed E-state index contributed by atoms with van der Waals surface area (Å²) in [6, 6.07) is 0. The molecule has 0 aliphatic carbocycles. The second-order valence-corrected chi connectivity index (χ2v) is 3.95. The van der Waals surface area contributed by atoms with Crippen molar-refractivity contribution < 1.29 is 14.3 Å². The smallest absolute Gasteiger partial charge is 0.334 e. The van der Waals surface area contributed by atoms with E-state index in [1.54, 1.807) is 6.92 Å². The summed E-state index contributed by atoms with van der Waals surface area (Å²) in [7, 11) is 0. The van der Waals surface area contributed by atoms with Gasteiger partial charge in [0.25, 0.3) is 0 Å². The van der Waals surface area contributed by atoms with Crippen LogP contribution in [0.5, 0.6) is 0 Å². The molecule has 1 heterocycles. The maximum atomic E-state index is 11.3. The van der Waals surface area contributed by atoms with Gasteiger partial charge in [-0.2, -0.15) is 0 Å². The molecular weight excluding hydrogens is 220 g/mol. The van der Waals surface area contributed by atoms with E-state index < -0.39 is 0 Å². The molecule has 1 aliphatic rings. The first-order valence-corrected chi connectivity index (χ1v) is 6.09. The summed E-state index contributed by atoms with van der Waals surface area (Å²) >= 11 is 0. The van der Waals surface area contributed by atoms with Gasteiger partial charge in [0.15, 0.2) is 0 Å². The lowest BCUT2D eigenvalue weighted by Gasteiger charge is -2.26. The number of nitrogens with zero attached hydrogens (tertiary/aromatic N) is 1. The van der Waals surface area contributed by atoms with Crippen molar-refractivity contribution in [2.24, 2.45) is 0 Å². The monoisotopic (exact) mass is 242 g/mol. The molecule has 1 aliphatic heterocycles. The molecule has 0 bridgehead atoms. The Morgan fingerprint density at radius 1 is 1.47 bits per heavy atom. The third-order valence-corrected chi connectivity index (χ3v) is 2.61. The van der Waals surface area contributed by atoms with Gasteiger partial charge in [0.2, 0.25) is 0 Å². The fourth-order valence-corrected chi connectivity index (χ4v) is 1.61. The van der Waals surface area contributed by atoms with Crippen molar-refractivity contribution in [3.8, 4) is 0 Å². The van der Waals surface area contributed by atoms with Crippen LogP contribution in [0.4, 0.5) is 0 Å². The first-order valence-electron chi connectivity index (χ1n) is 6.09. The summed E-state index contributed by atoms with van der Waals surface area (Å²) in [4.78, 5) is 13.6. The molecule has 0 unspecified atom stereocenters.